The molecule has 0 radical (unpaired) electrons. The highest BCUT2D eigenvalue weighted by Crippen LogP contribution is 2.18. The minimum atomic E-state index is 0.387. The van der Waals surface area contributed by atoms with Crippen LogP contribution < -0.4 is 5.32 Å². The van der Waals surface area contributed by atoms with Crippen LogP contribution in [0.2, 0.25) is 0 Å². The summed E-state index contributed by atoms with van der Waals surface area (Å²) >= 11 is 1.74. The summed E-state index contributed by atoms with van der Waals surface area (Å²) in [7, 11) is 2.20. The molecule has 90 valence electrons. The van der Waals surface area contributed by atoms with E-state index >= 15 is 0 Å². The second-order valence-corrected chi connectivity index (χ2v) is 5.82. The first-order valence-electron chi connectivity index (χ1n) is 6.02. The van der Waals surface area contributed by atoms with Crippen LogP contribution in [0.1, 0.15) is 36.5 Å². The standard InChI is InChI=1S/C12H21N3S/c1-9(12-8-16-10(2)14-12)13-11-4-6-15(3)7-5-11/h8-9,11,13H,4-7H2,1-3H3. The molecular weight excluding hydrogens is 218 g/mol. The first kappa shape index (κ1) is 12.0. The normalized spacial score (nSPS) is 21.2. The minimum absolute atomic E-state index is 0.387. The Morgan fingerprint density at radius 1 is 1.50 bits per heavy atom. The number of piperidine rings is 1. The predicted octanol–water partition coefficient (Wildman–Crippen LogP) is 2.20. The molecule has 1 aliphatic heterocycles. The van der Waals surface area contributed by atoms with Gasteiger partial charge in [-0.05, 0) is 46.8 Å². The summed E-state index contributed by atoms with van der Waals surface area (Å²) in [6.45, 7) is 6.70. The third-order valence-electron chi connectivity index (χ3n) is 3.28. The fourth-order valence-corrected chi connectivity index (χ4v) is 2.90. The molecule has 2 rings (SSSR count). The molecular formula is C12H21N3S. The van der Waals surface area contributed by atoms with Gasteiger partial charge in [0, 0.05) is 17.5 Å². The Balaban J connectivity index is 1.85. The van der Waals surface area contributed by atoms with Gasteiger partial charge in [-0.25, -0.2) is 4.98 Å². The molecule has 0 bridgehead atoms. The van der Waals surface area contributed by atoms with Crippen LogP contribution in [0, 0.1) is 6.92 Å². The van der Waals surface area contributed by atoms with E-state index in [9.17, 15) is 0 Å². The van der Waals surface area contributed by atoms with Gasteiger partial charge in [0.05, 0.1) is 10.7 Å². The van der Waals surface area contributed by atoms with Gasteiger partial charge >= 0.3 is 0 Å². The summed E-state index contributed by atoms with van der Waals surface area (Å²) in [6, 6.07) is 1.05. The highest BCUT2D eigenvalue weighted by molar-refractivity contribution is 7.09. The largest absolute Gasteiger partial charge is 0.306 e. The first-order chi connectivity index (χ1) is 7.65. The van der Waals surface area contributed by atoms with Gasteiger partial charge in [-0.15, -0.1) is 11.3 Å². The van der Waals surface area contributed by atoms with Crippen LogP contribution in [0.4, 0.5) is 0 Å². The summed E-state index contributed by atoms with van der Waals surface area (Å²) in [5.41, 5.74) is 1.20. The van der Waals surface area contributed by atoms with Crippen molar-refractivity contribution < 1.29 is 0 Å². The lowest BCUT2D eigenvalue weighted by atomic mass is 10.0. The third kappa shape index (κ3) is 3.03. The third-order valence-corrected chi connectivity index (χ3v) is 4.08. The Morgan fingerprint density at radius 2 is 2.19 bits per heavy atom. The lowest BCUT2D eigenvalue weighted by Gasteiger charge is -2.31. The van der Waals surface area contributed by atoms with E-state index in [2.05, 4.69) is 41.5 Å². The number of rotatable bonds is 3. The van der Waals surface area contributed by atoms with Gasteiger partial charge in [0.15, 0.2) is 0 Å². The fourth-order valence-electron chi connectivity index (χ4n) is 2.19. The van der Waals surface area contributed by atoms with E-state index in [1.165, 1.54) is 31.6 Å². The molecule has 1 fully saturated rings. The molecule has 0 saturated carbocycles. The molecule has 2 heterocycles. The lowest BCUT2D eigenvalue weighted by molar-refractivity contribution is 0.226. The van der Waals surface area contributed by atoms with Crippen molar-refractivity contribution in [1.29, 1.82) is 0 Å². The van der Waals surface area contributed by atoms with Crippen molar-refractivity contribution in [3.63, 3.8) is 0 Å². The average Bonchev–Trinajstić information content (AvgIpc) is 2.68. The lowest BCUT2D eigenvalue weighted by Crippen LogP contribution is -2.41. The molecule has 1 atom stereocenters. The maximum atomic E-state index is 4.54. The van der Waals surface area contributed by atoms with Crippen LogP contribution in [0.15, 0.2) is 5.38 Å². The molecule has 16 heavy (non-hydrogen) atoms. The van der Waals surface area contributed by atoms with Gasteiger partial charge < -0.3 is 10.2 Å². The molecule has 0 amide bonds. The van der Waals surface area contributed by atoms with Crippen molar-refractivity contribution in [3.8, 4) is 0 Å². The number of hydrogen-bond acceptors (Lipinski definition) is 4. The van der Waals surface area contributed by atoms with E-state index in [4.69, 9.17) is 0 Å². The molecule has 1 aliphatic rings. The maximum Gasteiger partial charge on any atom is 0.0898 e. The van der Waals surface area contributed by atoms with Crippen LogP contribution in [0.3, 0.4) is 0 Å². The van der Waals surface area contributed by atoms with E-state index in [1.54, 1.807) is 11.3 Å². The highest BCUT2D eigenvalue weighted by Gasteiger charge is 2.19. The molecule has 0 aromatic carbocycles. The molecule has 1 unspecified atom stereocenters. The number of thiazole rings is 1. The molecule has 1 N–H and O–H groups in total. The number of aromatic nitrogens is 1. The molecule has 1 saturated heterocycles. The summed E-state index contributed by atoms with van der Waals surface area (Å²) in [5.74, 6) is 0. The van der Waals surface area contributed by atoms with Crippen LogP contribution in [-0.2, 0) is 0 Å². The van der Waals surface area contributed by atoms with Crippen LogP contribution in [0.25, 0.3) is 0 Å². The van der Waals surface area contributed by atoms with Crippen molar-refractivity contribution >= 4 is 11.3 Å². The van der Waals surface area contributed by atoms with E-state index in [1.807, 2.05) is 0 Å². The Kier molecular flexibility index (Phi) is 3.95. The van der Waals surface area contributed by atoms with Crippen LogP contribution >= 0.6 is 11.3 Å². The van der Waals surface area contributed by atoms with E-state index in [0.717, 1.165) is 5.01 Å². The number of likely N-dealkylation sites (tertiary alicyclic amines) is 1. The van der Waals surface area contributed by atoms with Gasteiger partial charge in [-0.3, -0.25) is 0 Å². The Labute approximate surface area is 102 Å². The van der Waals surface area contributed by atoms with Crippen molar-refractivity contribution in [2.24, 2.45) is 0 Å². The highest BCUT2D eigenvalue weighted by atomic mass is 32.1. The molecule has 3 nitrogen and oxygen atoms in total. The fraction of sp³-hybridized carbons (Fsp3) is 0.750. The summed E-state index contributed by atoms with van der Waals surface area (Å²) < 4.78 is 0. The van der Waals surface area contributed by atoms with Crippen molar-refractivity contribution in [3.05, 3.63) is 16.1 Å². The average molecular weight is 239 g/mol. The molecule has 1 aromatic rings. The topological polar surface area (TPSA) is 28.2 Å². The van der Waals surface area contributed by atoms with E-state index in [0.29, 0.717) is 12.1 Å². The second kappa shape index (κ2) is 5.25. The smallest absolute Gasteiger partial charge is 0.0898 e. The summed E-state index contributed by atoms with van der Waals surface area (Å²) in [6.07, 6.45) is 2.51. The van der Waals surface area contributed by atoms with Crippen LogP contribution in [-0.4, -0.2) is 36.1 Å². The van der Waals surface area contributed by atoms with E-state index < -0.39 is 0 Å². The number of nitrogens with zero attached hydrogens (tertiary/aromatic N) is 2. The predicted molar refractivity (Wildman–Crippen MR) is 68.9 cm³/mol. The van der Waals surface area contributed by atoms with Gasteiger partial charge in [0.1, 0.15) is 0 Å². The molecule has 0 spiro atoms. The first-order valence-corrected chi connectivity index (χ1v) is 6.89. The zero-order chi connectivity index (χ0) is 11.5. The Bertz CT molecular complexity index is 329. The zero-order valence-electron chi connectivity index (χ0n) is 10.4. The Hall–Kier alpha value is -0.450. The number of hydrogen-bond donors (Lipinski definition) is 1. The summed E-state index contributed by atoms with van der Waals surface area (Å²) in [5, 5.41) is 7.01. The Morgan fingerprint density at radius 3 is 2.75 bits per heavy atom. The quantitative estimate of drug-likeness (QED) is 0.876. The minimum Gasteiger partial charge on any atom is -0.306 e. The molecule has 4 heteroatoms. The van der Waals surface area contributed by atoms with Crippen molar-refractivity contribution in [2.45, 2.75) is 38.8 Å². The van der Waals surface area contributed by atoms with Crippen molar-refractivity contribution in [2.75, 3.05) is 20.1 Å². The molecule has 0 aliphatic carbocycles. The number of nitrogens with one attached hydrogen (secondary N) is 1. The maximum absolute atomic E-state index is 4.54. The monoisotopic (exact) mass is 239 g/mol. The molecule has 1 aromatic heterocycles. The SMILES string of the molecule is Cc1nc(C(C)NC2CCN(C)CC2)cs1. The van der Waals surface area contributed by atoms with Gasteiger partial charge in [0.25, 0.3) is 0 Å². The zero-order valence-corrected chi connectivity index (χ0v) is 11.2. The number of aryl methyl sites for hydroxylation is 1. The second-order valence-electron chi connectivity index (χ2n) is 4.76. The van der Waals surface area contributed by atoms with Gasteiger partial charge in [-0.2, -0.15) is 0 Å². The van der Waals surface area contributed by atoms with Gasteiger partial charge in [0.2, 0.25) is 0 Å². The van der Waals surface area contributed by atoms with Crippen LogP contribution in [0.5, 0.6) is 0 Å². The van der Waals surface area contributed by atoms with E-state index in [-0.39, 0.29) is 0 Å². The van der Waals surface area contributed by atoms with Gasteiger partial charge in [-0.1, -0.05) is 0 Å². The van der Waals surface area contributed by atoms with Crippen molar-refractivity contribution in [1.82, 2.24) is 15.2 Å². The summed E-state index contributed by atoms with van der Waals surface area (Å²) in [4.78, 5) is 6.94.